The minimum absolute atomic E-state index is 0.371. The van der Waals surface area contributed by atoms with E-state index in [9.17, 15) is 0 Å². The number of nitriles is 1. The van der Waals surface area contributed by atoms with E-state index in [-0.39, 0.29) is 0 Å². The van der Waals surface area contributed by atoms with Crippen molar-refractivity contribution in [2.24, 2.45) is 0 Å². The van der Waals surface area contributed by atoms with Crippen LogP contribution in [0.3, 0.4) is 0 Å². The first-order valence-electron chi connectivity index (χ1n) is 7.70. The SMILES string of the molecule is N#Cc1cccnc1Oc1ccccc1CN1CCCCC1. The highest BCUT2D eigenvalue weighted by atomic mass is 16.5. The number of rotatable bonds is 4. The smallest absolute Gasteiger partial charge is 0.237 e. The third-order valence-corrected chi connectivity index (χ3v) is 3.91. The van der Waals surface area contributed by atoms with E-state index < -0.39 is 0 Å². The molecule has 0 N–H and O–H groups in total. The van der Waals surface area contributed by atoms with E-state index in [1.165, 1.54) is 19.3 Å². The Morgan fingerprint density at radius 2 is 1.91 bits per heavy atom. The van der Waals surface area contributed by atoms with Crippen LogP contribution in [0, 0.1) is 11.3 Å². The molecule has 1 aromatic carbocycles. The van der Waals surface area contributed by atoms with E-state index in [0.29, 0.717) is 11.4 Å². The molecule has 2 aromatic rings. The molecule has 0 saturated carbocycles. The summed E-state index contributed by atoms with van der Waals surface area (Å²) >= 11 is 0. The first-order valence-corrected chi connectivity index (χ1v) is 7.70. The van der Waals surface area contributed by atoms with Gasteiger partial charge in [0.25, 0.3) is 0 Å². The maximum absolute atomic E-state index is 9.15. The molecular formula is C18H19N3O. The molecule has 1 aliphatic heterocycles. The van der Waals surface area contributed by atoms with Gasteiger partial charge < -0.3 is 4.74 Å². The summed E-state index contributed by atoms with van der Waals surface area (Å²) < 4.78 is 5.91. The second-order valence-corrected chi connectivity index (χ2v) is 5.51. The van der Waals surface area contributed by atoms with Crippen molar-refractivity contribution in [3.63, 3.8) is 0 Å². The molecule has 2 heterocycles. The Morgan fingerprint density at radius 1 is 1.09 bits per heavy atom. The third-order valence-electron chi connectivity index (χ3n) is 3.91. The summed E-state index contributed by atoms with van der Waals surface area (Å²) in [4.78, 5) is 6.63. The minimum Gasteiger partial charge on any atom is -0.437 e. The van der Waals surface area contributed by atoms with Crippen LogP contribution in [0.2, 0.25) is 0 Å². The number of likely N-dealkylation sites (tertiary alicyclic amines) is 1. The van der Waals surface area contributed by atoms with Crippen LogP contribution in [0.4, 0.5) is 0 Å². The van der Waals surface area contributed by atoms with E-state index in [1.54, 1.807) is 18.3 Å². The van der Waals surface area contributed by atoms with Crippen molar-refractivity contribution in [3.8, 4) is 17.7 Å². The van der Waals surface area contributed by atoms with E-state index >= 15 is 0 Å². The van der Waals surface area contributed by atoms with Gasteiger partial charge in [-0.15, -0.1) is 0 Å². The predicted molar refractivity (Wildman–Crippen MR) is 84.6 cm³/mol. The Balaban J connectivity index is 1.80. The van der Waals surface area contributed by atoms with Gasteiger partial charge in [-0.3, -0.25) is 4.90 Å². The fourth-order valence-electron chi connectivity index (χ4n) is 2.75. The zero-order chi connectivity index (χ0) is 15.2. The zero-order valence-corrected chi connectivity index (χ0v) is 12.5. The van der Waals surface area contributed by atoms with Crippen molar-refractivity contribution < 1.29 is 4.74 Å². The molecule has 0 aliphatic carbocycles. The maximum atomic E-state index is 9.15. The summed E-state index contributed by atoms with van der Waals surface area (Å²) in [6.45, 7) is 3.16. The molecule has 1 saturated heterocycles. The zero-order valence-electron chi connectivity index (χ0n) is 12.5. The number of nitrogens with zero attached hydrogens (tertiary/aromatic N) is 3. The lowest BCUT2D eigenvalue weighted by Gasteiger charge is -2.27. The second-order valence-electron chi connectivity index (χ2n) is 5.51. The topological polar surface area (TPSA) is 49.1 Å². The van der Waals surface area contributed by atoms with Gasteiger partial charge in [-0.1, -0.05) is 24.6 Å². The van der Waals surface area contributed by atoms with Crippen LogP contribution in [0.25, 0.3) is 0 Å². The lowest BCUT2D eigenvalue weighted by molar-refractivity contribution is 0.219. The van der Waals surface area contributed by atoms with Crippen LogP contribution >= 0.6 is 0 Å². The second kappa shape index (κ2) is 7.06. The van der Waals surface area contributed by atoms with Gasteiger partial charge in [0.15, 0.2) is 0 Å². The molecule has 0 atom stereocenters. The van der Waals surface area contributed by atoms with Gasteiger partial charge in [-0.05, 0) is 44.1 Å². The Morgan fingerprint density at radius 3 is 2.73 bits per heavy atom. The van der Waals surface area contributed by atoms with Gasteiger partial charge >= 0.3 is 0 Å². The van der Waals surface area contributed by atoms with Crippen molar-refractivity contribution >= 4 is 0 Å². The highest BCUT2D eigenvalue weighted by Gasteiger charge is 2.14. The molecule has 0 unspecified atom stereocenters. The highest BCUT2D eigenvalue weighted by Crippen LogP contribution is 2.27. The summed E-state index contributed by atoms with van der Waals surface area (Å²) in [6, 6.07) is 13.6. The first kappa shape index (κ1) is 14.6. The highest BCUT2D eigenvalue weighted by molar-refractivity contribution is 5.42. The van der Waals surface area contributed by atoms with Gasteiger partial charge in [-0.2, -0.15) is 5.26 Å². The normalized spacial score (nSPS) is 15.2. The van der Waals surface area contributed by atoms with E-state index in [1.807, 2.05) is 18.2 Å². The molecule has 1 fully saturated rings. The van der Waals surface area contributed by atoms with Crippen molar-refractivity contribution in [1.82, 2.24) is 9.88 Å². The molecule has 3 rings (SSSR count). The molecule has 0 radical (unpaired) electrons. The maximum Gasteiger partial charge on any atom is 0.237 e. The number of aromatic nitrogens is 1. The van der Waals surface area contributed by atoms with Gasteiger partial charge in [0.2, 0.25) is 5.88 Å². The Kier molecular flexibility index (Phi) is 4.67. The lowest BCUT2D eigenvalue weighted by Crippen LogP contribution is -2.29. The molecule has 4 heteroatoms. The quantitative estimate of drug-likeness (QED) is 0.861. The molecule has 0 spiro atoms. The monoisotopic (exact) mass is 293 g/mol. The third kappa shape index (κ3) is 3.44. The van der Waals surface area contributed by atoms with Gasteiger partial charge in [0, 0.05) is 18.3 Å². The van der Waals surface area contributed by atoms with Crippen molar-refractivity contribution in [3.05, 3.63) is 53.7 Å². The number of benzene rings is 1. The van der Waals surface area contributed by atoms with Gasteiger partial charge in [-0.25, -0.2) is 4.98 Å². The largest absolute Gasteiger partial charge is 0.437 e. The van der Waals surface area contributed by atoms with E-state index in [2.05, 4.69) is 22.0 Å². The summed E-state index contributed by atoms with van der Waals surface area (Å²) in [7, 11) is 0. The fourth-order valence-corrected chi connectivity index (χ4v) is 2.75. The van der Waals surface area contributed by atoms with Crippen molar-refractivity contribution in [1.29, 1.82) is 5.26 Å². The molecule has 22 heavy (non-hydrogen) atoms. The molecule has 0 amide bonds. The number of pyridine rings is 1. The van der Waals surface area contributed by atoms with Crippen LogP contribution < -0.4 is 4.74 Å². The van der Waals surface area contributed by atoms with Crippen molar-refractivity contribution in [2.45, 2.75) is 25.8 Å². The molecule has 1 aromatic heterocycles. The van der Waals surface area contributed by atoms with Crippen LogP contribution in [0.1, 0.15) is 30.4 Å². The number of piperidine rings is 1. The van der Waals surface area contributed by atoms with Crippen LogP contribution in [-0.4, -0.2) is 23.0 Å². The first-order chi connectivity index (χ1) is 10.9. The fraction of sp³-hybridized carbons (Fsp3) is 0.333. The van der Waals surface area contributed by atoms with Gasteiger partial charge in [0.1, 0.15) is 17.4 Å². The summed E-state index contributed by atoms with van der Waals surface area (Å²) in [6.07, 6.45) is 5.50. The Bertz CT molecular complexity index is 672. The molecule has 4 nitrogen and oxygen atoms in total. The molecule has 0 bridgehead atoms. The number of para-hydroxylation sites is 1. The number of hydrogen-bond acceptors (Lipinski definition) is 4. The standard InChI is InChI=1S/C18H19N3O/c19-13-15-8-6-10-20-18(15)22-17-9-3-2-7-16(17)14-21-11-4-1-5-12-21/h2-3,6-10H,1,4-5,11-12,14H2. The lowest BCUT2D eigenvalue weighted by atomic mass is 10.1. The molecular weight excluding hydrogens is 274 g/mol. The molecule has 112 valence electrons. The molecule has 1 aliphatic rings. The Labute approximate surface area is 131 Å². The van der Waals surface area contributed by atoms with Crippen LogP contribution in [0.15, 0.2) is 42.6 Å². The number of ether oxygens (including phenoxy) is 1. The summed E-state index contributed by atoms with van der Waals surface area (Å²) in [5.74, 6) is 1.15. The van der Waals surface area contributed by atoms with Crippen LogP contribution in [0.5, 0.6) is 11.6 Å². The van der Waals surface area contributed by atoms with Crippen LogP contribution in [-0.2, 0) is 6.54 Å². The van der Waals surface area contributed by atoms with Gasteiger partial charge in [0.05, 0.1) is 0 Å². The van der Waals surface area contributed by atoms with E-state index in [0.717, 1.165) is 30.9 Å². The Hall–Kier alpha value is -2.38. The van der Waals surface area contributed by atoms with E-state index in [4.69, 9.17) is 10.00 Å². The average molecular weight is 293 g/mol. The van der Waals surface area contributed by atoms with Crippen molar-refractivity contribution in [2.75, 3.05) is 13.1 Å². The number of hydrogen-bond donors (Lipinski definition) is 0. The predicted octanol–water partition coefficient (Wildman–Crippen LogP) is 3.73. The average Bonchev–Trinajstić information content (AvgIpc) is 2.58. The summed E-state index contributed by atoms with van der Waals surface area (Å²) in [5, 5.41) is 9.15. The minimum atomic E-state index is 0.371. The summed E-state index contributed by atoms with van der Waals surface area (Å²) in [5.41, 5.74) is 1.59.